The van der Waals surface area contributed by atoms with E-state index in [1.54, 1.807) is 28.6 Å². The lowest BCUT2D eigenvalue weighted by Gasteiger charge is -2.38. The second kappa shape index (κ2) is 8.74. The van der Waals surface area contributed by atoms with Crippen LogP contribution in [0.2, 0.25) is 0 Å². The topological polar surface area (TPSA) is 66.4 Å². The standard InChI is InChI=1S/C21H23BrN4O2S2/c1-15-3-5-17(6-4-15)13-20-23-21(29-24-20)26-12-11-25(14-16(26)2)30(27,28)19-9-7-18(22)8-10-19/h3-10,16H,11-14H2,1-2H3. The molecule has 0 bridgehead atoms. The Kier molecular flexibility index (Phi) is 6.24. The van der Waals surface area contributed by atoms with Crippen LogP contribution in [0, 0.1) is 6.92 Å². The summed E-state index contributed by atoms with van der Waals surface area (Å²) in [6.07, 6.45) is 0.697. The van der Waals surface area contributed by atoms with Crippen LogP contribution in [-0.2, 0) is 16.4 Å². The summed E-state index contributed by atoms with van der Waals surface area (Å²) in [5.41, 5.74) is 2.42. The molecule has 3 aromatic rings. The quantitative estimate of drug-likeness (QED) is 0.521. The third-order valence-corrected chi connectivity index (χ3v) is 8.43. The average Bonchev–Trinajstić information content (AvgIpc) is 3.18. The summed E-state index contributed by atoms with van der Waals surface area (Å²) in [7, 11) is -3.50. The van der Waals surface area contributed by atoms with Crippen LogP contribution in [0.15, 0.2) is 57.9 Å². The summed E-state index contributed by atoms with van der Waals surface area (Å²) in [5.74, 6) is 0.802. The first kappa shape index (κ1) is 21.4. The van der Waals surface area contributed by atoms with Crippen molar-refractivity contribution in [3.63, 3.8) is 0 Å². The van der Waals surface area contributed by atoms with E-state index in [1.807, 2.05) is 6.92 Å². The molecule has 1 fully saturated rings. The van der Waals surface area contributed by atoms with E-state index in [1.165, 1.54) is 22.7 Å². The average molecular weight is 507 g/mol. The van der Waals surface area contributed by atoms with Crippen molar-refractivity contribution < 1.29 is 8.42 Å². The molecule has 0 saturated carbocycles. The van der Waals surface area contributed by atoms with Gasteiger partial charge in [0.25, 0.3) is 0 Å². The lowest BCUT2D eigenvalue weighted by atomic mass is 10.1. The van der Waals surface area contributed by atoms with Gasteiger partial charge in [-0.05, 0) is 43.7 Å². The molecule has 0 aliphatic carbocycles. The molecule has 1 saturated heterocycles. The van der Waals surface area contributed by atoms with Crippen LogP contribution in [0.1, 0.15) is 23.9 Å². The highest BCUT2D eigenvalue weighted by molar-refractivity contribution is 9.10. The number of aryl methyl sites for hydroxylation is 1. The zero-order chi connectivity index (χ0) is 21.3. The predicted octanol–water partition coefficient (Wildman–Crippen LogP) is 4.10. The molecule has 0 amide bonds. The minimum atomic E-state index is -3.50. The summed E-state index contributed by atoms with van der Waals surface area (Å²) < 4.78 is 32.9. The number of hydrogen-bond acceptors (Lipinski definition) is 6. The Balaban J connectivity index is 1.44. The smallest absolute Gasteiger partial charge is 0.243 e. The first-order chi connectivity index (χ1) is 14.3. The van der Waals surface area contributed by atoms with Crippen molar-refractivity contribution >= 4 is 42.6 Å². The van der Waals surface area contributed by atoms with Crippen molar-refractivity contribution in [1.82, 2.24) is 13.7 Å². The molecule has 1 aromatic heterocycles. The molecule has 1 aliphatic heterocycles. The lowest BCUT2D eigenvalue weighted by Crippen LogP contribution is -2.53. The van der Waals surface area contributed by atoms with Gasteiger partial charge in [-0.2, -0.15) is 8.68 Å². The third-order valence-electron chi connectivity index (χ3n) is 5.23. The fourth-order valence-corrected chi connectivity index (χ4v) is 6.10. The first-order valence-corrected chi connectivity index (χ1v) is 12.7. The number of piperazine rings is 1. The highest BCUT2D eigenvalue weighted by Gasteiger charge is 2.33. The Morgan fingerprint density at radius 2 is 1.80 bits per heavy atom. The van der Waals surface area contributed by atoms with Crippen LogP contribution >= 0.6 is 27.5 Å². The number of sulfonamides is 1. The zero-order valence-corrected chi connectivity index (χ0v) is 20.0. The molecule has 1 aliphatic rings. The van der Waals surface area contributed by atoms with Gasteiger partial charge < -0.3 is 4.90 Å². The number of rotatable bonds is 5. The van der Waals surface area contributed by atoms with Crippen LogP contribution in [0.3, 0.4) is 0 Å². The van der Waals surface area contributed by atoms with E-state index in [0.717, 1.165) is 15.4 Å². The summed E-state index contributed by atoms with van der Waals surface area (Å²) in [5, 5.41) is 0.852. The van der Waals surface area contributed by atoms with E-state index < -0.39 is 10.0 Å². The van der Waals surface area contributed by atoms with Crippen molar-refractivity contribution in [2.45, 2.75) is 31.2 Å². The second-order valence-electron chi connectivity index (χ2n) is 7.51. The van der Waals surface area contributed by atoms with E-state index >= 15 is 0 Å². The molecular weight excluding hydrogens is 484 g/mol. The highest BCUT2D eigenvalue weighted by Crippen LogP contribution is 2.27. The van der Waals surface area contributed by atoms with Gasteiger partial charge in [0.2, 0.25) is 15.2 Å². The van der Waals surface area contributed by atoms with Gasteiger partial charge in [0.05, 0.1) is 4.90 Å². The zero-order valence-electron chi connectivity index (χ0n) is 16.8. The summed E-state index contributed by atoms with van der Waals surface area (Å²) in [6, 6.07) is 15.2. The Labute approximate surface area is 189 Å². The molecular formula is C21H23BrN4O2S2. The van der Waals surface area contributed by atoms with Gasteiger partial charge in [-0.15, -0.1) is 0 Å². The van der Waals surface area contributed by atoms with Gasteiger partial charge in [0.15, 0.2) is 0 Å². The molecule has 4 rings (SSSR count). The monoisotopic (exact) mass is 506 g/mol. The Hall–Kier alpha value is -1.81. The van der Waals surface area contributed by atoms with Crippen LogP contribution < -0.4 is 4.90 Å². The Morgan fingerprint density at radius 3 is 2.47 bits per heavy atom. The van der Waals surface area contributed by atoms with Crippen molar-refractivity contribution in [1.29, 1.82) is 0 Å². The van der Waals surface area contributed by atoms with Crippen LogP contribution in [-0.4, -0.2) is 47.8 Å². The van der Waals surface area contributed by atoms with Gasteiger partial charge in [-0.3, -0.25) is 0 Å². The van der Waals surface area contributed by atoms with E-state index in [-0.39, 0.29) is 6.04 Å². The molecule has 1 unspecified atom stereocenters. The number of hydrogen-bond donors (Lipinski definition) is 0. The summed E-state index contributed by atoms with van der Waals surface area (Å²) >= 11 is 4.73. The van der Waals surface area contributed by atoms with Gasteiger partial charge in [-0.25, -0.2) is 13.4 Å². The SMILES string of the molecule is Cc1ccc(Cc2nsc(N3CCN(S(=O)(=O)c4ccc(Br)cc4)CC3C)n2)cc1. The van der Waals surface area contributed by atoms with Gasteiger partial charge in [0.1, 0.15) is 5.82 Å². The Bertz CT molecular complexity index is 1110. The molecule has 0 N–H and O–H groups in total. The molecule has 2 heterocycles. The van der Waals surface area contributed by atoms with Crippen LogP contribution in [0.25, 0.3) is 0 Å². The molecule has 9 heteroatoms. The molecule has 30 heavy (non-hydrogen) atoms. The fourth-order valence-electron chi connectivity index (χ4n) is 3.50. The van der Waals surface area contributed by atoms with Crippen LogP contribution in [0.4, 0.5) is 5.13 Å². The predicted molar refractivity (Wildman–Crippen MR) is 124 cm³/mol. The third kappa shape index (κ3) is 4.59. The molecule has 2 aromatic carbocycles. The fraction of sp³-hybridized carbons (Fsp3) is 0.333. The van der Waals surface area contributed by atoms with Crippen molar-refractivity contribution in [3.8, 4) is 0 Å². The molecule has 158 valence electrons. The summed E-state index contributed by atoms with van der Waals surface area (Å²) in [4.78, 5) is 7.20. The van der Waals surface area contributed by atoms with Crippen molar-refractivity contribution in [2.24, 2.45) is 0 Å². The maximum absolute atomic E-state index is 13.0. The number of benzene rings is 2. The lowest BCUT2D eigenvalue weighted by molar-refractivity contribution is 0.342. The van der Waals surface area contributed by atoms with Gasteiger partial charge in [-0.1, -0.05) is 45.8 Å². The maximum atomic E-state index is 13.0. The molecule has 0 radical (unpaired) electrons. The minimum absolute atomic E-state index is 0.0177. The molecule has 1 atom stereocenters. The highest BCUT2D eigenvalue weighted by atomic mass is 79.9. The second-order valence-corrected chi connectivity index (χ2v) is 11.1. The van der Waals surface area contributed by atoms with Crippen molar-refractivity contribution in [3.05, 3.63) is 70.0 Å². The van der Waals surface area contributed by atoms with E-state index in [0.29, 0.717) is 31.0 Å². The van der Waals surface area contributed by atoms with Crippen LogP contribution in [0.5, 0.6) is 0 Å². The Morgan fingerprint density at radius 1 is 1.10 bits per heavy atom. The normalized spacial score (nSPS) is 18.0. The number of nitrogens with zero attached hydrogens (tertiary/aromatic N) is 4. The van der Waals surface area contributed by atoms with E-state index in [9.17, 15) is 8.42 Å². The van der Waals surface area contributed by atoms with E-state index in [2.05, 4.69) is 56.4 Å². The first-order valence-electron chi connectivity index (χ1n) is 9.73. The molecule has 0 spiro atoms. The van der Waals surface area contributed by atoms with Gasteiger partial charge >= 0.3 is 0 Å². The van der Waals surface area contributed by atoms with E-state index in [4.69, 9.17) is 4.98 Å². The number of aromatic nitrogens is 2. The van der Waals surface area contributed by atoms with Gasteiger partial charge in [0, 0.05) is 48.1 Å². The maximum Gasteiger partial charge on any atom is 0.243 e. The minimum Gasteiger partial charge on any atom is -0.342 e. The number of anilines is 1. The molecule has 6 nitrogen and oxygen atoms in total. The van der Waals surface area contributed by atoms with Crippen molar-refractivity contribution in [2.75, 3.05) is 24.5 Å². The largest absolute Gasteiger partial charge is 0.342 e. The number of halogens is 1. The summed E-state index contributed by atoms with van der Waals surface area (Å²) in [6.45, 7) is 5.54.